The number of rotatable bonds is 6. The quantitative estimate of drug-likeness (QED) is 0.617. The molecule has 34 heavy (non-hydrogen) atoms. The van der Waals surface area contributed by atoms with Gasteiger partial charge in [0.2, 0.25) is 5.91 Å². The van der Waals surface area contributed by atoms with Gasteiger partial charge in [-0.25, -0.2) is 0 Å². The maximum absolute atomic E-state index is 12.8. The van der Waals surface area contributed by atoms with Crippen molar-refractivity contribution in [1.82, 2.24) is 15.1 Å². The third-order valence-electron chi connectivity index (χ3n) is 5.91. The summed E-state index contributed by atoms with van der Waals surface area (Å²) < 4.78 is 5.28. The van der Waals surface area contributed by atoms with E-state index in [4.69, 9.17) is 4.74 Å². The van der Waals surface area contributed by atoms with Gasteiger partial charge in [-0.05, 0) is 35.4 Å². The number of nitrogens with one attached hydrogen (secondary N) is 1. The molecule has 1 heterocycles. The van der Waals surface area contributed by atoms with E-state index in [0.717, 1.165) is 11.1 Å². The van der Waals surface area contributed by atoms with Crippen molar-refractivity contribution in [2.75, 3.05) is 39.8 Å². The summed E-state index contributed by atoms with van der Waals surface area (Å²) in [5.41, 5.74) is 3.11. The standard InChI is InChI=1S/C27H27N3O4/c1-34-24-10-6-5-9-23(24)27(33)30-17-15-29(16-18-30)25(31)19-28-26(32)22-13-11-21(12-14-22)20-7-3-2-4-8-20/h2-14H,15-19H2,1H3,(H,28,32). The van der Waals surface area contributed by atoms with Crippen LogP contribution in [-0.4, -0.2) is 67.4 Å². The van der Waals surface area contributed by atoms with Crippen LogP contribution in [0.2, 0.25) is 0 Å². The first-order valence-corrected chi connectivity index (χ1v) is 11.2. The summed E-state index contributed by atoms with van der Waals surface area (Å²) in [7, 11) is 1.54. The SMILES string of the molecule is COc1ccccc1C(=O)N1CCN(C(=O)CNC(=O)c2ccc(-c3ccccc3)cc2)CC1. The van der Waals surface area contributed by atoms with Gasteiger partial charge in [-0.15, -0.1) is 0 Å². The fourth-order valence-corrected chi connectivity index (χ4v) is 3.97. The van der Waals surface area contributed by atoms with Crippen molar-refractivity contribution in [2.24, 2.45) is 0 Å². The van der Waals surface area contributed by atoms with Crippen LogP contribution >= 0.6 is 0 Å². The highest BCUT2D eigenvalue weighted by atomic mass is 16.5. The monoisotopic (exact) mass is 457 g/mol. The van der Waals surface area contributed by atoms with E-state index in [2.05, 4.69) is 5.32 Å². The Labute approximate surface area is 198 Å². The number of nitrogens with zero attached hydrogens (tertiary/aromatic N) is 2. The summed E-state index contributed by atoms with van der Waals surface area (Å²) >= 11 is 0. The number of hydrogen-bond donors (Lipinski definition) is 1. The molecule has 7 heteroatoms. The summed E-state index contributed by atoms with van der Waals surface area (Å²) in [5, 5.41) is 2.70. The fourth-order valence-electron chi connectivity index (χ4n) is 3.97. The summed E-state index contributed by atoms with van der Waals surface area (Å²) in [6.07, 6.45) is 0. The average Bonchev–Trinajstić information content (AvgIpc) is 2.91. The Balaban J connectivity index is 1.26. The van der Waals surface area contributed by atoms with Crippen LogP contribution in [-0.2, 0) is 4.79 Å². The summed E-state index contributed by atoms with van der Waals surface area (Å²) in [5.74, 6) is -0.0427. The Kier molecular flexibility index (Phi) is 7.22. The Bertz CT molecular complexity index is 1150. The van der Waals surface area contributed by atoms with Crippen LogP contribution < -0.4 is 10.1 Å². The van der Waals surface area contributed by atoms with Gasteiger partial charge in [-0.3, -0.25) is 14.4 Å². The molecule has 1 aliphatic rings. The van der Waals surface area contributed by atoms with Gasteiger partial charge in [0.1, 0.15) is 5.75 Å². The second-order valence-electron chi connectivity index (χ2n) is 8.00. The van der Waals surface area contributed by atoms with Crippen molar-refractivity contribution in [3.63, 3.8) is 0 Å². The molecule has 3 amide bonds. The Morgan fingerprint density at radius 2 is 1.35 bits per heavy atom. The molecule has 3 aromatic rings. The molecule has 0 unspecified atom stereocenters. The molecule has 0 spiro atoms. The lowest BCUT2D eigenvalue weighted by Crippen LogP contribution is -2.52. The second kappa shape index (κ2) is 10.7. The maximum atomic E-state index is 12.8. The van der Waals surface area contributed by atoms with Crippen LogP contribution in [0.3, 0.4) is 0 Å². The fraction of sp³-hybridized carbons (Fsp3) is 0.222. The first-order valence-electron chi connectivity index (χ1n) is 11.2. The summed E-state index contributed by atoms with van der Waals surface area (Å²) in [4.78, 5) is 41.3. The van der Waals surface area contributed by atoms with E-state index in [9.17, 15) is 14.4 Å². The van der Waals surface area contributed by atoms with Gasteiger partial charge in [-0.1, -0.05) is 54.6 Å². The first-order chi connectivity index (χ1) is 16.6. The van der Waals surface area contributed by atoms with E-state index in [1.165, 1.54) is 7.11 Å². The molecule has 1 N–H and O–H groups in total. The largest absolute Gasteiger partial charge is 0.496 e. The minimum absolute atomic E-state index is 0.0836. The molecule has 7 nitrogen and oxygen atoms in total. The van der Waals surface area contributed by atoms with Crippen molar-refractivity contribution in [2.45, 2.75) is 0 Å². The zero-order chi connectivity index (χ0) is 23.9. The lowest BCUT2D eigenvalue weighted by Gasteiger charge is -2.35. The van der Waals surface area contributed by atoms with Crippen molar-refractivity contribution < 1.29 is 19.1 Å². The predicted octanol–water partition coefficient (Wildman–Crippen LogP) is 3.08. The van der Waals surface area contributed by atoms with Gasteiger partial charge in [-0.2, -0.15) is 0 Å². The van der Waals surface area contributed by atoms with Gasteiger partial charge >= 0.3 is 0 Å². The highest BCUT2D eigenvalue weighted by Gasteiger charge is 2.26. The Morgan fingerprint density at radius 1 is 0.765 bits per heavy atom. The van der Waals surface area contributed by atoms with Crippen molar-refractivity contribution in [3.05, 3.63) is 90.0 Å². The lowest BCUT2D eigenvalue weighted by molar-refractivity contribution is -0.131. The van der Waals surface area contributed by atoms with E-state index < -0.39 is 0 Å². The highest BCUT2D eigenvalue weighted by Crippen LogP contribution is 2.21. The number of ether oxygens (including phenoxy) is 1. The highest BCUT2D eigenvalue weighted by molar-refractivity contribution is 5.98. The molecule has 0 bridgehead atoms. The van der Waals surface area contributed by atoms with Gasteiger partial charge in [0.05, 0.1) is 19.2 Å². The van der Waals surface area contributed by atoms with Crippen molar-refractivity contribution >= 4 is 17.7 Å². The zero-order valence-corrected chi connectivity index (χ0v) is 19.1. The van der Waals surface area contributed by atoms with Crippen LogP contribution in [0.1, 0.15) is 20.7 Å². The van der Waals surface area contributed by atoms with Gasteiger partial charge < -0.3 is 19.9 Å². The molecule has 0 saturated carbocycles. The van der Waals surface area contributed by atoms with E-state index in [1.54, 1.807) is 40.1 Å². The molecule has 1 saturated heterocycles. The van der Waals surface area contributed by atoms with Crippen LogP contribution in [0.15, 0.2) is 78.9 Å². The molecule has 3 aromatic carbocycles. The third kappa shape index (κ3) is 5.26. The molecule has 0 aliphatic carbocycles. The molecule has 0 aromatic heterocycles. The molecular weight excluding hydrogens is 430 g/mol. The van der Waals surface area contributed by atoms with E-state index in [0.29, 0.717) is 43.1 Å². The van der Waals surface area contributed by atoms with Gasteiger partial charge in [0, 0.05) is 31.7 Å². The number of para-hydroxylation sites is 1. The maximum Gasteiger partial charge on any atom is 0.257 e. The average molecular weight is 458 g/mol. The van der Waals surface area contributed by atoms with Crippen LogP contribution in [0, 0.1) is 0 Å². The molecule has 0 atom stereocenters. The van der Waals surface area contributed by atoms with E-state index >= 15 is 0 Å². The van der Waals surface area contributed by atoms with E-state index in [-0.39, 0.29) is 24.3 Å². The number of benzene rings is 3. The van der Waals surface area contributed by atoms with Gasteiger partial charge in [0.15, 0.2) is 0 Å². The Morgan fingerprint density at radius 3 is 2.03 bits per heavy atom. The molecule has 0 radical (unpaired) electrons. The van der Waals surface area contributed by atoms with Crippen molar-refractivity contribution in [3.8, 4) is 16.9 Å². The summed E-state index contributed by atoms with van der Waals surface area (Å²) in [6.45, 7) is 1.61. The molecule has 1 fully saturated rings. The minimum Gasteiger partial charge on any atom is -0.496 e. The first kappa shape index (κ1) is 23.0. The van der Waals surface area contributed by atoms with Crippen molar-refractivity contribution in [1.29, 1.82) is 0 Å². The Hall–Kier alpha value is -4.13. The molecule has 174 valence electrons. The zero-order valence-electron chi connectivity index (χ0n) is 19.1. The minimum atomic E-state index is -0.294. The summed E-state index contributed by atoms with van der Waals surface area (Å²) in [6, 6.07) is 24.3. The topological polar surface area (TPSA) is 79.0 Å². The lowest BCUT2D eigenvalue weighted by atomic mass is 10.0. The molecule has 1 aliphatic heterocycles. The smallest absolute Gasteiger partial charge is 0.257 e. The normalized spacial score (nSPS) is 13.3. The number of piperazine rings is 1. The number of amides is 3. The third-order valence-corrected chi connectivity index (χ3v) is 5.91. The molecular formula is C27H27N3O4. The number of hydrogen-bond acceptors (Lipinski definition) is 4. The number of methoxy groups -OCH3 is 1. The van der Waals surface area contributed by atoms with E-state index in [1.807, 2.05) is 48.5 Å². The number of carbonyl (C=O) groups excluding carboxylic acids is 3. The van der Waals surface area contributed by atoms with Gasteiger partial charge in [0.25, 0.3) is 11.8 Å². The number of carbonyl (C=O) groups is 3. The predicted molar refractivity (Wildman–Crippen MR) is 130 cm³/mol. The van der Waals surface area contributed by atoms with Crippen LogP contribution in [0.4, 0.5) is 0 Å². The second-order valence-corrected chi connectivity index (χ2v) is 8.00. The van der Waals surface area contributed by atoms with Crippen LogP contribution in [0.5, 0.6) is 5.75 Å². The molecule has 4 rings (SSSR count). The van der Waals surface area contributed by atoms with Crippen LogP contribution in [0.25, 0.3) is 11.1 Å².